The molecule has 0 aliphatic rings. The van der Waals surface area contributed by atoms with E-state index in [0.29, 0.717) is 5.92 Å². The quantitative estimate of drug-likeness (QED) is 0.619. The molecular formula is C18H22. The van der Waals surface area contributed by atoms with Gasteiger partial charge in [-0.3, -0.25) is 0 Å². The summed E-state index contributed by atoms with van der Waals surface area (Å²) in [5.74, 6) is 0.435. The van der Waals surface area contributed by atoms with Crippen LogP contribution in [0.25, 0.3) is 10.8 Å². The van der Waals surface area contributed by atoms with E-state index in [1.807, 2.05) is 0 Å². The van der Waals surface area contributed by atoms with Crippen LogP contribution in [0.4, 0.5) is 0 Å². The maximum Gasteiger partial charge on any atom is 0.00145 e. The van der Waals surface area contributed by atoms with Crippen LogP contribution in [0.15, 0.2) is 48.6 Å². The first-order valence-corrected chi connectivity index (χ1v) is 6.79. The molecule has 0 heterocycles. The fraction of sp³-hybridized carbons (Fsp3) is 0.333. The number of rotatable bonds is 4. The van der Waals surface area contributed by atoms with Crippen molar-refractivity contribution in [2.24, 2.45) is 0 Å². The van der Waals surface area contributed by atoms with Gasteiger partial charge in [0.25, 0.3) is 0 Å². The van der Waals surface area contributed by atoms with E-state index >= 15 is 0 Å². The van der Waals surface area contributed by atoms with Crippen molar-refractivity contribution in [3.8, 4) is 0 Å². The van der Waals surface area contributed by atoms with Gasteiger partial charge in [-0.25, -0.2) is 0 Å². The summed E-state index contributed by atoms with van der Waals surface area (Å²) >= 11 is 0. The van der Waals surface area contributed by atoms with E-state index in [0.717, 1.165) is 0 Å². The molecule has 0 saturated heterocycles. The number of hydrogen-bond donors (Lipinski definition) is 0. The molecule has 0 heteroatoms. The van der Waals surface area contributed by atoms with Crippen LogP contribution in [-0.2, 0) is 6.42 Å². The van der Waals surface area contributed by atoms with Gasteiger partial charge in [0.2, 0.25) is 0 Å². The Morgan fingerprint density at radius 1 is 1.11 bits per heavy atom. The van der Waals surface area contributed by atoms with Gasteiger partial charge in [0.15, 0.2) is 0 Å². The Morgan fingerprint density at radius 3 is 2.44 bits per heavy atom. The topological polar surface area (TPSA) is 0 Å². The second-order valence-corrected chi connectivity index (χ2v) is 5.26. The Bertz CT molecular complexity index is 563. The monoisotopic (exact) mass is 238 g/mol. The number of aryl methyl sites for hydroxylation is 1. The zero-order chi connectivity index (χ0) is 13.1. The average Bonchev–Trinajstić information content (AvgIpc) is 2.37. The van der Waals surface area contributed by atoms with Gasteiger partial charge in [0.05, 0.1) is 0 Å². The van der Waals surface area contributed by atoms with E-state index in [2.05, 4.69) is 63.7 Å². The molecule has 0 fully saturated rings. The van der Waals surface area contributed by atoms with Crippen LogP contribution in [0.2, 0.25) is 0 Å². The number of allylic oxidation sites excluding steroid dienone is 1. The number of benzene rings is 2. The lowest BCUT2D eigenvalue weighted by Crippen LogP contribution is -1.94. The van der Waals surface area contributed by atoms with Crippen molar-refractivity contribution in [1.82, 2.24) is 0 Å². The van der Waals surface area contributed by atoms with E-state index in [4.69, 9.17) is 0 Å². The number of hydrogen-bond acceptors (Lipinski definition) is 0. The Hall–Kier alpha value is -1.56. The second kappa shape index (κ2) is 5.39. The van der Waals surface area contributed by atoms with Gasteiger partial charge in [-0.05, 0) is 35.2 Å². The molecule has 0 radical (unpaired) electrons. The van der Waals surface area contributed by atoms with Crippen LogP contribution in [-0.4, -0.2) is 0 Å². The van der Waals surface area contributed by atoms with E-state index in [-0.39, 0.29) is 0 Å². The Balaban J connectivity index is 2.41. The van der Waals surface area contributed by atoms with Crippen molar-refractivity contribution in [2.75, 3.05) is 0 Å². The predicted octanol–water partition coefficient (Wildman–Crippen LogP) is 5.47. The van der Waals surface area contributed by atoms with Crippen molar-refractivity contribution in [3.05, 3.63) is 59.7 Å². The van der Waals surface area contributed by atoms with Crippen molar-refractivity contribution < 1.29 is 0 Å². The van der Waals surface area contributed by atoms with Crippen molar-refractivity contribution in [3.63, 3.8) is 0 Å². The first-order chi connectivity index (χ1) is 8.61. The Morgan fingerprint density at radius 2 is 1.78 bits per heavy atom. The molecule has 0 nitrogen and oxygen atoms in total. The van der Waals surface area contributed by atoms with Gasteiger partial charge in [0, 0.05) is 5.92 Å². The lowest BCUT2D eigenvalue weighted by atomic mass is 9.92. The summed E-state index contributed by atoms with van der Waals surface area (Å²) < 4.78 is 0. The summed E-state index contributed by atoms with van der Waals surface area (Å²) in [7, 11) is 0. The van der Waals surface area contributed by atoms with E-state index < -0.39 is 0 Å². The van der Waals surface area contributed by atoms with Crippen LogP contribution >= 0.6 is 0 Å². The van der Waals surface area contributed by atoms with Gasteiger partial charge in [-0.2, -0.15) is 0 Å². The first-order valence-electron chi connectivity index (χ1n) is 6.79. The molecular weight excluding hydrogens is 216 g/mol. The largest absolute Gasteiger partial charge is 0.0995 e. The Kier molecular flexibility index (Phi) is 3.86. The zero-order valence-electron chi connectivity index (χ0n) is 11.7. The smallest absolute Gasteiger partial charge is 0.00145 e. The summed E-state index contributed by atoms with van der Waals surface area (Å²) in [4.78, 5) is 0. The summed E-state index contributed by atoms with van der Waals surface area (Å²) in [6.07, 6.45) is 2.37. The SMILES string of the molecule is C=C(C)C(C)c1ccc2cc(CCC)ccc2c1. The van der Waals surface area contributed by atoms with Gasteiger partial charge in [-0.15, -0.1) is 0 Å². The van der Waals surface area contributed by atoms with Gasteiger partial charge < -0.3 is 0 Å². The third-order valence-corrected chi connectivity index (χ3v) is 3.71. The summed E-state index contributed by atoms with van der Waals surface area (Å²) in [5, 5.41) is 2.68. The molecule has 1 atom stereocenters. The highest BCUT2D eigenvalue weighted by Crippen LogP contribution is 2.26. The highest BCUT2D eigenvalue weighted by Gasteiger charge is 2.06. The highest BCUT2D eigenvalue weighted by molar-refractivity contribution is 5.84. The van der Waals surface area contributed by atoms with E-state index in [9.17, 15) is 0 Å². The standard InChI is InChI=1S/C18H22/c1-5-6-15-7-8-18-12-16(14(4)13(2)3)9-10-17(18)11-15/h7-12,14H,2,5-6H2,1,3-4H3. The van der Waals surface area contributed by atoms with Gasteiger partial charge >= 0.3 is 0 Å². The molecule has 0 aromatic heterocycles. The minimum absolute atomic E-state index is 0.435. The molecule has 94 valence electrons. The molecule has 1 unspecified atom stereocenters. The minimum Gasteiger partial charge on any atom is -0.0995 e. The molecule has 0 aliphatic heterocycles. The van der Waals surface area contributed by atoms with Crippen LogP contribution in [0.1, 0.15) is 44.2 Å². The highest BCUT2D eigenvalue weighted by atomic mass is 14.1. The fourth-order valence-corrected chi connectivity index (χ4v) is 2.31. The van der Waals surface area contributed by atoms with Gasteiger partial charge in [-0.1, -0.05) is 68.8 Å². The molecule has 0 N–H and O–H groups in total. The molecule has 2 aromatic carbocycles. The fourth-order valence-electron chi connectivity index (χ4n) is 2.31. The molecule has 0 aliphatic carbocycles. The van der Waals surface area contributed by atoms with Crippen molar-refractivity contribution in [1.29, 1.82) is 0 Å². The maximum absolute atomic E-state index is 4.05. The lowest BCUT2D eigenvalue weighted by Gasteiger charge is -2.13. The minimum atomic E-state index is 0.435. The second-order valence-electron chi connectivity index (χ2n) is 5.26. The maximum atomic E-state index is 4.05. The summed E-state index contributed by atoms with van der Waals surface area (Å²) in [6.45, 7) is 10.6. The average molecular weight is 238 g/mol. The predicted molar refractivity (Wildman–Crippen MR) is 81.2 cm³/mol. The zero-order valence-corrected chi connectivity index (χ0v) is 11.7. The molecule has 0 bridgehead atoms. The third kappa shape index (κ3) is 2.64. The van der Waals surface area contributed by atoms with Crippen LogP contribution in [0.3, 0.4) is 0 Å². The van der Waals surface area contributed by atoms with E-state index in [1.54, 1.807) is 0 Å². The van der Waals surface area contributed by atoms with Crippen molar-refractivity contribution >= 4 is 10.8 Å². The molecule has 18 heavy (non-hydrogen) atoms. The lowest BCUT2D eigenvalue weighted by molar-refractivity contribution is 0.901. The molecule has 2 aromatic rings. The normalized spacial score (nSPS) is 12.6. The third-order valence-electron chi connectivity index (χ3n) is 3.71. The molecule has 0 saturated carbocycles. The molecule has 2 rings (SSSR count). The van der Waals surface area contributed by atoms with E-state index in [1.165, 1.54) is 40.3 Å². The van der Waals surface area contributed by atoms with Crippen LogP contribution < -0.4 is 0 Å². The van der Waals surface area contributed by atoms with Gasteiger partial charge in [0.1, 0.15) is 0 Å². The molecule has 0 spiro atoms. The van der Waals surface area contributed by atoms with Crippen molar-refractivity contribution in [2.45, 2.75) is 39.5 Å². The Labute approximate surface area is 110 Å². The first kappa shape index (κ1) is 12.9. The summed E-state index contributed by atoms with van der Waals surface area (Å²) in [6, 6.07) is 13.6. The molecule has 0 amide bonds. The van der Waals surface area contributed by atoms with Crippen LogP contribution in [0, 0.1) is 0 Å². The number of fused-ring (bicyclic) bond motifs is 1. The van der Waals surface area contributed by atoms with Crippen LogP contribution in [0.5, 0.6) is 0 Å². The summed E-state index contributed by atoms with van der Waals surface area (Å²) in [5.41, 5.74) is 4.01.